The Morgan fingerprint density at radius 2 is 2.00 bits per heavy atom. The van der Waals surface area contributed by atoms with Crippen molar-refractivity contribution in [3.63, 3.8) is 0 Å². The van der Waals surface area contributed by atoms with Gasteiger partial charge in [0.05, 0.1) is 24.1 Å². The lowest BCUT2D eigenvalue weighted by Gasteiger charge is -2.16. The number of benzene rings is 2. The van der Waals surface area contributed by atoms with Crippen LogP contribution in [-0.2, 0) is 6.54 Å². The standard InChI is InChI=1S/C20H20ClN3O2/c1-3-26-19-9-7-15(8-10-19)13-23(2)20(25)16-12-22-24(14-16)18-6-4-5-17(21)11-18/h4-12,14H,3,13H2,1-2H3. The molecule has 0 aliphatic carbocycles. The van der Waals surface area contributed by atoms with Gasteiger partial charge in [0.1, 0.15) is 5.75 Å². The van der Waals surface area contributed by atoms with Gasteiger partial charge in [0.2, 0.25) is 0 Å². The molecule has 0 bridgehead atoms. The Labute approximate surface area is 157 Å². The lowest BCUT2D eigenvalue weighted by Crippen LogP contribution is -2.25. The highest BCUT2D eigenvalue weighted by atomic mass is 35.5. The molecule has 0 atom stereocenters. The highest BCUT2D eigenvalue weighted by Crippen LogP contribution is 2.17. The molecule has 134 valence electrons. The maximum atomic E-state index is 12.7. The molecule has 1 aromatic heterocycles. The van der Waals surface area contributed by atoms with Gasteiger partial charge >= 0.3 is 0 Å². The van der Waals surface area contributed by atoms with E-state index in [0.29, 0.717) is 23.7 Å². The van der Waals surface area contributed by atoms with Crippen LogP contribution in [0.4, 0.5) is 0 Å². The predicted molar refractivity (Wildman–Crippen MR) is 102 cm³/mol. The highest BCUT2D eigenvalue weighted by molar-refractivity contribution is 6.30. The number of nitrogens with zero attached hydrogens (tertiary/aromatic N) is 3. The lowest BCUT2D eigenvalue weighted by atomic mass is 10.2. The molecule has 2 aromatic carbocycles. The van der Waals surface area contributed by atoms with Gasteiger partial charge in [-0.15, -0.1) is 0 Å². The minimum Gasteiger partial charge on any atom is -0.494 e. The van der Waals surface area contributed by atoms with Gasteiger partial charge in [0.25, 0.3) is 5.91 Å². The number of aromatic nitrogens is 2. The van der Waals surface area contributed by atoms with E-state index in [1.165, 1.54) is 0 Å². The summed E-state index contributed by atoms with van der Waals surface area (Å²) in [6.07, 6.45) is 3.28. The second-order valence-electron chi connectivity index (χ2n) is 5.89. The fourth-order valence-corrected chi connectivity index (χ4v) is 2.80. The maximum absolute atomic E-state index is 12.7. The van der Waals surface area contributed by atoms with Crippen LogP contribution in [-0.4, -0.2) is 34.2 Å². The van der Waals surface area contributed by atoms with Gasteiger partial charge < -0.3 is 9.64 Å². The zero-order valence-electron chi connectivity index (χ0n) is 14.7. The largest absolute Gasteiger partial charge is 0.494 e. The number of amides is 1. The van der Waals surface area contributed by atoms with Gasteiger partial charge in [-0.25, -0.2) is 4.68 Å². The van der Waals surface area contributed by atoms with Gasteiger partial charge in [0.15, 0.2) is 0 Å². The number of halogens is 1. The summed E-state index contributed by atoms with van der Waals surface area (Å²) in [5.41, 5.74) is 2.37. The molecule has 0 aliphatic rings. The molecule has 0 radical (unpaired) electrons. The van der Waals surface area contributed by atoms with Crippen LogP contribution >= 0.6 is 11.6 Å². The van der Waals surface area contributed by atoms with Crippen molar-refractivity contribution in [1.82, 2.24) is 14.7 Å². The van der Waals surface area contributed by atoms with E-state index < -0.39 is 0 Å². The molecule has 6 heteroatoms. The van der Waals surface area contributed by atoms with Gasteiger partial charge in [-0.2, -0.15) is 5.10 Å². The molecule has 5 nitrogen and oxygen atoms in total. The number of carbonyl (C=O) groups is 1. The summed E-state index contributed by atoms with van der Waals surface area (Å²) in [6.45, 7) is 3.09. The van der Waals surface area contributed by atoms with Crippen LogP contribution in [0.25, 0.3) is 5.69 Å². The van der Waals surface area contributed by atoms with Crippen LogP contribution in [0.2, 0.25) is 5.02 Å². The summed E-state index contributed by atoms with van der Waals surface area (Å²) in [7, 11) is 1.77. The molecule has 0 saturated heterocycles. The van der Waals surface area contributed by atoms with E-state index in [4.69, 9.17) is 16.3 Å². The Balaban J connectivity index is 1.69. The molecular formula is C20H20ClN3O2. The predicted octanol–water partition coefficient (Wildman–Crippen LogP) is 4.20. The first-order valence-electron chi connectivity index (χ1n) is 8.34. The van der Waals surface area contributed by atoms with Gasteiger partial charge in [-0.3, -0.25) is 4.79 Å². The first-order chi connectivity index (χ1) is 12.6. The molecule has 26 heavy (non-hydrogen) atoms. The number of ether oxygens (including phenoxy) is 1. The highest BCUT2D eigenvalue weighted by Gasteiger charge is 2.15. The van der Waals surface area contributed by atoms with Crippen molar-refractivity contribution < 1.29 is 9.53 Å². The minimum absolute atomic E-state index is 0.0906. The molecule has 0 saturated carbocycles. The summed E-state index contributed by atoms with van der Waals surface area (Å²) < 4.78 is 7.08. The number of hydrogen-bond donors (Lipinski definition) is 0. The summed E-state index contributed by atoms with van der Waals surface area (Å²) >= 11 is 6.01. The Bertz CT molecular complexity index is 890. The molecule has 0 spiro atoms. The zero-order chi connectivity index (χ0) is 18.5. The second-order valence-corrected chi connectivity index (χ2v) is 6.33. The Kier molecular flexibility index (Phi) is 5.58. The van der Waals surface area contributed by atoms with E-state index in [2.05, 4.69) is 5.10 Å². The maximum Gasteiger partial charge on any atom is 0.257 e. The average Bonchev–Trinajstić information content (AvgIpc) is 3.13. The van der Waals surface area contributed by atoms with E-state index in [-0.39, 0.29) is 5.91 Å². The molecule has 3 aromatic rings. The third-order valence-corrected chi connectivity index (χ3v) is 4.14. The second kappa shape index (κ2) is 8.06. The van der Waals surface area contributed by atoms with Crippen molar-refractivity contribution >= 4 is 17.5 Å². The van der Waals surface area contributed by atoms with Gasteiger partial charge in [-0.1, -0.05) is 29.8 Å². The topological polar surface area (TPSA) is 47.4 Å². The molecule has 0 N–H and O–H groups in total. The third-order valence-electron chi connectivity index (χ3n) is 3.90. The molecule has 0 aliphatic heterocycles. The molecule has 1 amide bonds. The van der Waals surface area contributed by atoms with E-state index >= 15 is 0 Å². The van der Waals surface area contributed by atoms with Gasteiger partial charge in [0, 0.05) is 24.8 Å². The quantitative estimate of drug-likeness (QED) is 0.654. The first kappa shape index (κ1) is 18.0. The number of rotatable bonds is 6. The third kappa shape index (κ3) is 4.24. The van der Waals surface area contributed by atoms with Crippen molar-refractivity contribution in [2.75, 3.05) is 13.7 Å². The number of hydrogen-bond acceptors (Lipinski definition) is 3. The molecule has 1 heterocycles. The van der Waals surface area contributed by atoms with Crippen molar-refractivity contribution in [2.45, 2.75) is 13.5 Å². The minimum atomic E-state index is -0.0906. The summed E-state index contributed by atoms with van der Waals surface area (Å²) in [5, 5.41) is 4.89. The van der Waals surface area contributed by atoms with Gasteiger partial charge in [-0.05, 0) is 42.8 Å². The van der Waals surface area contributed by atoms with Crippen LogP contribution < -0.4 is 4.74 Å². The van der Waals surface area contributed by atoms with Crippen LogP contribution in [0, 0.1) is 0 Å². The fraction of sp³-hybridized carbons (Fsp3) is 0.200. The van der Waals surface area contributed by atoms with E-state index in [1.54, 1.807) is 41.2 Å². The average molecular weight is 370 g/mol. The van der Waals surface area contributed by atoms with Crippen molar-refractivity contribution in [3.05, 3.63) is 77.1 Å². The Hall–Kier alpha value is -2.79. The van der Waals surface area contributed by atoms with Crippen molar-refractivity contribution in [3.8, 4) is 11.4 Å². The SMILES string of the molecule is CCOc1ccc(CN(C)C(=O)c2cnn(-c3cccc(Cl)c3)c2)cc1. The first-order valence-corrected chi connectivity index (χ1v) is 8.72. The number of carbonyl (C=O) groups excluding carboxylic acids is 1. The summed E-state index contributed by atoms with van der Waals surface area (Å²) in [6, 6.07) is 15.1. The van der Waals surface area contributed by atoms with E-state index in [9.17, 15) is 4.79 Å². The molecule has 0 unspecified atom stereocenters. The lowest BCUT2D eigenvalue weighted by molar-refractivity contribution is 0.0785. The van der Waals surface area contributed by atoms with Crippen LogP contribution in [0.1, 0.15) is 22.8 Å². The van der Waals surface area contributed by atoms with E-state index in [1.807, 2.05) is 43.3 Å². The monoisotopic (exact) mass is 369 g/mol. The Morgan fingerprint density at radius 1 is 1.23 bits per heavy atom. The zero-order valence-corrected chi connectivity index (χ0v) is 15.5. The van der Waals surface area contributed by atoms with Crippen molar-refractivity contribution in [1.29, 1.82) is 0 Å². The Morgan fingerprint density at radius 3 is 2.69 bits per heavy atom. The normalized spacial score (nSPS) is 10.6. The van der Waals surface area contributed by atoms with Crippen LogP contribution in [0.3, 0.4) is 0 Å². The molecular weight excluding hydrogens is 350 g/mol. The summed E-state index contributed by atoms with van der Waals surface area (Å²) in [4.78, 5) is 14.3. The molecule has 0 fully saturated rings. The smallest absolute Gasteiger partial charge is 0.257 e. The van der Waals surface area contributed by atoms with E-state index in [0.717, 1.165) is 17.0 Å². The van der Waals surface area contributed by atoms with Crippen molar-refractivity contribution in [2.24, 2.45) is 0 Å². The van der Waals surface area contributed by atoms with Crippen LogP contribution in [0.15, 0.2) is 60.9 Å². The van der Waals surface area contributed by atoms with Crippen LogP contribution in [0.5, 0.6) is 5.75 Å². The molecule has 3 rings (SSSR count). The summed E-state index contributed by atoms with van der Waals surface area (Å²) in [5.74, 6) is 0.736. The fourth-order valence-electron chi connectivity index (χ4n) is 2.62.